The third-order valence-corrected chi connectivity index (χ3v) is 4.25. The molecule has 0 saturated heterocycles. The van der Waals surface area contributed by atoms with Crippen LogP contribution < -0.4 is 5.32 Å². The SMILES string of the molecule is CNc1nc(-c2nccs2)nc(C2CC2)c1Br. The van der Waals surface area contributed by atoms with E-state index < -0.39 is 0 Å². The van der Waals surface area contributed by atoms with Gasteiger partial charge in [0, 0.05) is 24.5 Å². The lowest BCUT2D eigenvalue weighted by atomic mass is 10.2. The molecule has 0 atom stereocenters. The first kappa shape index (κ1) is 11.1. The zero-order valence-electron chi connectivity index (χ0n) is 9.27. The number of anilines is 1. The number of hydrogen-bond acceptors (Lipinski definition) is 5. The summed E-state index contributed by atoms with van der Waals surface area (Å²) in [5, 5.41) is 5.91. The fourth-order valence-electron chi connectivity index (χ4n) is 1.69. The zero-order valence-corrected chi connectivity index (χ0v) is 11.7. The highest BCUT2D eigenvalue weighted by Crippen LogP contribution is 2.44. The molecule has 1 saturated carbocycles. The lowest BCUT2D eigenvalue weighted by molar-refractivity contribution is 0.978. The van der Waals surface area contributed by atoms with Gasteiger partial charge in [0.1, 0.15) is 5.82 Å². The van der Waals surface area contributed by atoms with Crippen molar-refractivity contribution >= 4 is 33.1 Å². The van der Waals surface area contributed by atoms with Gasteiger partial charge in [-0.1, -0.05) is 0 Å². The van der Waals surface area contributed by atoms with Crippen molar-refractivity contribution in [3.63, 3.8) is 0 Å². The van der Waals surface area contributed by atoms with E-state index in [0.29, 0.717) is 5.92 Å². The summed E-state index contributed by atoms with van der Waals surface area (Å²) < 4.78 is 0.989. The van der Waals surface area contributed by atoms with Crippen LogP contribution >= 0.6 is 27.3 Å². The second-order valence-corrected chi connectivity index (χ2v) is 5.64. The van der Waals surface area contributed by atoms with Gasteiger partial charge in [-0.2, -0.15) is 0 Å². The van der Waals surface area contributed by atoms with Gasteiger partial charge in [-0.05, 0) is 28.8 Å². The van der Waals surface area contributed by atoms with Crippen LogP contribution in [0.4, 0.5) is 5.82 Å². The summed E-state index contributed by atoms with van der Waals surface area (Å²) in [5.41, 5.74) is 1.11. The lowest BCUT2D eigenvalue weighted by Gasteiger charge is -2.09. The first-order valence-electron chi connectivity index (χ1n) is 5.44. The quantitative estimate of drug-likeness (QED) is 0.945. The van der Waals surface area contributed by atoms with Crippen molar-refractivity contribution in [3.8, 4) is 10.8 Å². The summed E-state index contributed by atoms with van der Waals surface area (Å²) in [6.45, 7) is 0. The van der Waals surface area contributed by atoms with Gasteiger partial charge in [0.05, 0.1) is 10.2 Å². The van der Waals surface area contributed by atoms with Crippen LogP contribution in [0.3, 0.4) is 0 Å². The summed E-state index contributed by atoms with van der Waals surface area (Å²) in [5.74, 6) is 2.14. The largest absolute Gasteiger partial charge is 0.372 e. The maximum absolute atomic E-state index is 4.64. The molecular formula is C11H11BrN4S. The molecule has 0 unspecified atom stereocenters. The van der Waals surface area contributed by atoms with E-state index in [2.05, 4.69) is 36.2 Å². The normalized spacial score (nSPS) is 14.9. The Morgan fingerprint density at radius 2 is 2.24 bits per heavy atom. The van der Waals surface area contributed by atoms with Crippen molar-refractivity contribution < 1.29 is 0 Å². The van der Waals surface area contributed by atoms with Crippen molar-refractivity contribution in [1.29, 1.82) is 0 Å². The van der Waals surface area contributed by atoms with E-state index in [1.807, 2.05) is 12.4 Å². The Morgan fingerprint density at radius 3 is 2.82 bits per heavy atom. The third kappa shape index (κ3) is 2.07. The Morgan fingerprint density at radius 1 is 1.41 bits per heavy atom. The van der Waals surface area contributed by atoms with Crippen LogP contribution in [0.15, 0.2) is 16.0 Å². The molecule has 1 fully saturated rings. The summed E-state index contributed by atoms with van der Waals surface area (Å²) >= 11 is 5.14. The fourth-order valence-corrected chi connectivity index (χ4v) is 2.96. The van der Waals surface area contributed by atoms with Gasteiger partial charge < -0.3 is 5.32 Å². The molecule has 0 bridgehead atoms. The van der Waals surface area contributed by atoms with Gasteiger partial charge in [-0.3, -0.25) is 0 Å². The number of nitrogens with zero attached hydrogens (tertiary/aromatic N) is 3. The zero-order chi connectivity index (χ0) is 11.8. The van der Waals surface area contributed by atoms with Gasteiger partial charge in [0.2, 0.25) is 0 Å². The predicted molar refractivity (Wildman–Crippen MR) is 72.4 cm³/mol. The van der Waals surface area contributed by atoms with Crippen LogP contribution in [0, 0.1) is 0 Å². The van der Waals surface area contributed by atoms with Crippen molar-refractivity contribution in [2.75, 3.05) is 12.4 Å². The first-order valence-corrected chi connectivity index (χ1v) is 7.12. The molecule has 0 aliphatic heterocycles. The number of aromatic nitrogens is 3. The molecule has 88 valence electrons. The van der Waals surface area contributed by atoms with Crippen LogP contribution in [-0.4, -0.2) is 22.0 Å². The summed E-state index contributed by atoms with van der Waals surface area (Å²) in [6, 6.07) is 0. The Kier molecular flexibility index (Phi) is 2.84. The number of rotatable bonds is 3. The van der Waals surface area contributed by atoms with Crippen LogP contribution in [0.2, 0.25) is 0 Å². The Bertz CT molecular complexity index is 537. The molecule has 3 rings (SSSR count). The topological polar surface area (TPSA) is 50.7 Å². The number of thiazole rings is 1. The highest BCUT2D eigenvalue weighted by molar-refractivity contribution is 9.10. The van der Waals surface area contributed by atoms with Crippen molar-refractivity contribution in [2.45, 2.75) is 18.8 Å². The summed E-state index contributed by atoms with van der Waals surface area (Å²) in [4.78, 5) is 13.4. The molecule has 2 aromatic heterocycles. The molecule has 0 spiro atoms. The Labute approximate surface area is 112 Å². The van der Waals surface area contributed by atoms with E-state index in [4.69, 9.17) is 0 Å². The predicted octanol–water partition coefficient (Wildman–Crippen LogP) is 3.28. The highest BCUT2D eigenvalue weighted by Gasteiger charge is 2.29. The van der Waals surface area contributed by atoms with Gasteiger partial charge in [-0.15, -0.1) is 11.3 Å². The molecule has 6 heteroatoms. The maximum atomic E-state index is 4.64. The molecule has 1 N–H and O–H groups in total. The summed E-state index contributed by atoms with van der Waals surface area (Å²) in [6.07, 6.45) is 4.22. The minimum atomic E-state index is 0.582. The Balaban J connectivity index is 2.13. The molecule has 4 nitrogen and oxygen atoms in total. The van der Waals surface area contributed by atoms with E-state index in [9.17, 15) is 0 Å². The van der Waals surface area contributed by atoms with E-state index >= 15 is 0 Å². The molecule has 0 amide bonds. The molecule has 1 aliphatic carbocycles. The molecular weight excluding hydrogens is 300 g/mol. The van der Waals surface area contributed by atoms with Crippen molar-refractivity contribution in [3.05, 3.63) is 21.7 Å². The fraction of sp³-hybridized carbons (Fsp3) is 0.364. The van der Waals surface area contributed by atoms with E-state index in [0.717, 1.165) is 26.8 Å². The van der Waals surface area contributed by atoms with Gasteiger partial charge in [-0.25, -0.2) is 15.0 Å². The molecule has 0 radical (unpaired) electrons. The number of hydrogen-bond donors (Lipinski definition) is 1. The third-order valence-electron chi connectivity index (χ3n) is 2.70. The molecule has 2 heterocycles. The lowest BCUT2D eigenvalue weighted by Crippen LogP contribution is -2.02. The highest BCUT2D eigenvalue weighted by atomic mass is 79.9. The standard InChI is InChI=1S/C11H11BrN4S/c1-13-9-7(12)8(6-2-3-6)15-10(16-9)11-14-4-5-17-11/h4-6H,2-3H2,1H3,(H,13,15,16). The van der Waals surface area contributed by atoms with Crippen LogP contribution in [0.1, 0.15) is 24.5 Å². The molecule has 1 aliphatic rings. The average Bonchev–Trinajstić information content (AvgIpc) is 3.04. The number of halogens is 1. The minimum absolute atomic E-state index is 0.582. The van der Waals surface area contributed by atoms with E-state index in [-0.39, 0.29) is 0 Å². The maximum Gasteiger partial charge on any atom is 0.191 e. The molecule has 17 heavy (non-hydrogen) atoms. The van der Waals surface area contributed by atoms with E-state index in [1.165, 1.54) is 12.8 Å². The molecule has 2 aromatic rings. The Hall–Kier alpha value is -1.01. The van der Waals surface area contributed by atoms with E-state index in [1.54, 1.807) is 17.5 Å². The van der Waals surface area contributed by atoms with Gasteiger partial charge in [0.25, 0.3) is 0 Å². The van der Waals surface area contributed by atoms with Crippen molar-refractivity contribution in [1.82, 2.24) is 15.0 Å². The van der Waals surface area contributed by atoms with Crippen LogP contribution in [-0.2, 0) is 0 Å². The van der Waals surface area contributed by atoms with Crippen molar-refractivity contribution in [2.24, 2.45) is 0 Å². The molecule has 0 aromatic carbocycles. The second-order valence-electron chi connectivity index (χ2n) is 3.96. The number of nitrogens with one attached hydrogen (secondary N) is 1. The van der Waals surface area contributed by atoms with Crippen LogP contribution in [0.5, 0.6) is 0 Å². The first-order chi connectivity index (χ1) is 8.29. The van der Waals surface area contributed by atoms with Gasteiger partial charge >= 0.3 is 0 Å². The minimum Gasteiger partial charge on any atom is -0.372 e. The smallest absolute Gasteiger partial charge is 0.191 e. The average molecular weight is 311 g/mol. The summed E-state index contributed by atoms with van der Waals surface area (Å²) in [7, 11) is 1.87. The monoisotopic (exact) mass is 310 g/mol. The van der Waals surface area contributed by atoms with Crippen LogP contribution in [0.25, 0.3) is 10.8 Å². The second kappa shape index (κ2) is 4.34. The van der Waals surface area contributed by atoms with Gasteiger partial charge in [0.15, 0.2) is 10.8 Å².